The summed E-state index contributed by atoms with van der Waals surface area (Å²) >= 11 is 0. The molecule has 2 aromatic heterocycles. The monoisotopic (exact) mass is 238 g/mol. The first kappa shape index (κ1) is 12.2. The molecular weight excluding hydrogens is 224 g/mol. The lowest BCUT2D eigenvalue weighted by atomic mass is 10.1. The Morgan fingerprint density at radius 1 is 1.17 bits per heavy atom. The molecule has 0 aliphatic rings. The van der Waals surface area contributed by atoms with Gasteiger partial charge in [0.05, 0.1) is 11.2 Å². The van der Waals surface area contributed by atoms with Gasteiger partial charge in [0.25, 0.3) is 0 Å². The average Bonchev–Trinajstić information content (AvgIpc) is 2.37. The standard InChI is InChI=1S/C14H14N4/c1-14(2,15)7-5-12-4-3-11(9-17-12)13-6-8-16-10-18-13/h3-4,6,8-10H,15H2,1-2H3. The first-order valence-corrected chi connectivity index (χ1v) is 5.59. The highest BCUT2D eigenvalue weighted by Gasteiger charge is 2.04. The van der Waals surface area contributed by atoms with Gasteiger partial charge in [-0.25, -0.2) is 15.0 Å². The van der Waals surface area contributed by atoms with E-state index in [1.807, 2.05) is 32.0 Å². The van der Waals surface area contributed by atoms with E-state index >= 15 is 0 Å². The third kappa shape index (κ3) is 3.37. The third-order valence-corrected chi connectivity index (χ3v) is 2.15. The Labute approximate surface area is 106 Å². The van der Waals surface area contributed by atoms with Crippen molar-refractivity contribution in [2.75, 3.05) is 0 Å². The number of aromatic nitrogens is 3. The van der Waals surface area contributed by atoms with Gasteiger partial charge in [0, 0.05) is 18.0 Å². The number of hydrogen-bond acceptors (Lipinski definition) is 4. The topological polar surface area (TPSA) is 64.7 Å². The van der Waals surface area contributed by atoms with Crippen LogP contribution < -0.4 is 5.73 Å². The molecule has 0 fully saturated rings. The Bertz CT molecular complexity index is 571. The number of pyridine rings is 1. The Morgan fingerprint density at radius 2 is 2.00 bits per heavy atom. The van der Waals surface area contributed by atoms with Crippen LogP contribution >= 0.6 is 0 Å². The van der Waals surface area contributed by atoms with Crippen molar-refractivity contribution in [3.05, 3.63) is 42.6 Å². The molecule has 0 atom stereocenters. The fraction of sp³-hybridized carbons (Fsp3) is 0.214. The summed E-state index contributed by atoms with van der Waals surface area (Å²) in [6.45, 7) is 3.71. The van der Waals surface area contributed by atoms with Gasteiger partial charge in [-0.05, 0) is 38.0 Å². The lowest BCUT2D eigenvalue weighted by Gasteiger charge is -2.07. The number of rotatable bonds is 1. The van der Waals surface area contributed by atoms with E-state index in [-0.39, 0.29) is 0 Å². The predicted molar refractivity (Wildman–Crippen MR) is 70.4 cm³/mol. The maximum Gasteiger partial charge on any atom is 0.116 e. The molecule has 0 saturated heterocycles. The van der Waals surface area contributed by atoms with Crippen molar-refractivity contribution >= 4 is 0 Å². The zero-order valence-corrected chi connectivity index (χ0v) is 10.4. The summed E-state index contributed by atoms with van der Waals surface area (Å²) < 4.78 is 0. The average molecular weight is 238 g/mol. The summed E-state index contributed by atoms with van der Waals surface area (Å²) in [7, 11) is 0. The maximum atomic E-state index is 5.79. The molecule has 2 N–H and O–H groups in total. The third-order valence-electron chi connectivity index (χ3n) is 2.15. The zero-order valence-electron chi connectivity index (χ0n) is 10.4. The zero-order chi connectivity index (χ0) is 13.0. The number of hydrogen-bond donors (Lipinski definition) is 1. The smallest absolute Gasteiger partial charge is 0.116 e. The molecule has 2 heterocycles. The molecule has 0 spiro atoms. The Kier molecular flexibility index (Phi) is 3.35. The Morgan fingerprint density at radius 3 is 2.56 bits per heavy atom. The second-order valence-electron chi connectivity index (χ2n) is 4.50. The van der Waals surface area contributed by atoms with Crippen LogP contribution in [0.1, 0.15) is 19.5 Å². The second-order valence-corrected chi connectivity index (χ2v) is 4.50. The molecule has 0 saturated carbocycles. The van der Waals surface area contributed by atoms with Crippen molar-refractivity contribution in [1.82, 2.24) is 15.0 Å². The molecule has 0 aliphatic heterocycles. The van der Waals surface area contributed by atoms with Crippen LogP contribution in [-0.4, -0.2) is 20.5 Å². The van der Waals surface area contributed by atoms with Crippen LogP contribution in [0.2, 0.25) is 0 Å². The fourth-order valence-electron chi connectivity index (χ4n) is 1.31. The SMILES string of the molecule is CC(C)(N)C#Cc1ccc(-c2ccncn2)cn1. The van der Waals surface area contributed by atoms with Crippen molar-refractivity contribution in [2.45, 2.75) is 19.4 Å². The van der Waals surface area contributed by atoms with Gasteiger partial charge < -0.3 is 5.73 Å². The van der Waals surface area contributed by atoms with E-state index in [1.54, 1.807) is 12.4 Å². The molecule has 0 amide bonds. The van der Waals surface area contributed by atoms with E-state index in [0.29, 0.717) is 5.69 Å². The van der Waals surface area contributed by atoms with Crippen molar-refractivity contribution in [1.29, 1.82) is 0 Å². The molecule has 2 aromatic rings. The summed E-state index contributed by atoms with van der Waals surface area (Å²) in [6.07, 6.45) is 4.96. The highest BCUT2D eigenvalue weighted by atomic mass is 14.8. The molecule has 0 radical (unpaired) electrons. The largest absolute Gasteiger partial charge is 0.316 e. The van der Waals surface area contributed by atoms with Gasteiger partial charge >= 0.3 is 0 Å². The second kappa shape index (κ2) is 4.94. The van der Waals surface area contributed by atoms with E-state index in [2.05, 4.69) is 26.8 Å². The van der Waals surface area contributed by atoms with Gasteiger partial charge in [-0.3, -0.25) is 0 Å². The van der Waals surface area contributed by atoms with Crippen LogP contribution in [0.3, 0.4) is 0 Å². The molecular formula is C14H14N4. The van der Waals surface area contributed by atoms with Crippen molar-refractivity contribution in [3.63, 3.8) is 0 Å². The normalized spacial score (nSPS) is 10.6. The Balaban J connectivity index is 2.23. The minimum atomic E-state index is -0.507. The van der Waals surface area contributed by atoms with Gasteiger partial charge in [0.1, 0.15) is 12.0 Å². The van der Waals surface area contributed by atoms with E-state index in [0.717, 1.165) is 11.3 Å². The summed E-state index contributed by atoms with van der Waals surface area (Å²) in [5, 5.41) is 0. The molecule has 0 bridgehead atoms. The van der Waals surface area contributed by atoms with Crippen LogP contribution in [0, 0.1) is 11.8 Å². The first-order chi connectivity index (χ1) is 8.54. The summed E-state index contributed by atoms with van der Waals surface area (Å²) in [6, 6.07) is 5.63. The molecule has 90 valence electrons. The van der Waals surface area contributed by atoms with Crippen LogP contribution in [0.15, 0.2) is 36.9 Å². The first-order valence-electron chi connectivity index (χ1n) is 5.59. The molecule has 0 aliphatic carbocycles. The summed E-state index contributed by atoms with van der Waals surface area (Å²) in [5.74, 6) is 5.88. The quantitative estimate of drug-likeness (QED) is 0.767. The van der Waals surface area contributed by atoms with Crippen LogP contribution in [0.5, 0.6) is 0 Å². The maximum absolute atomic E-state index is 5.79. The fourth-order valence-corrected chi connectivity index (χ4v) is 1.31. The lowest BCUT2D eigenvalue weighted by Crippen LogP contribution is -2.29. The highest BCUT2D eigenvalue weighted by molar-refractivity contribution is 5.57. The van der Waals surface area contributed by atoms with Crippen molar-refractivity contribution in [2.24, 2.45) is 5.73 Å². The Hall–Kier alpha value is -2.25. The minimum Gasteiger partial charge on any atom is -0.316 e. The highest BCUT2D eigenvalue weighted by Crippen LogP contribution is 2.14. The van der Waals surface area contributed by atoms with E-state index in [1.165, 1.54) is 6.33 Å². The number of nitrogens with zero attached hydrogens (tertiary/aromatic N) is 3. The van der Waals surface area contributed by atoms with Gasteiger partial charge in [-0.1, -0.05) is 5.92 Å². The molecule has 4 nitrogen and oxygen atoms in total. The van der Waals surface area contributed by atoms with E-state index < -0.39 is 5.54 Å². The molecule has 0 unspecified atom stereocenters. The summed E-state index contributed by atoms with van der Waals surface area (Å²) in [4.78, 5) is 12.3. The predicted octanol–water partition coefficient (Wildman–Crippen LogP) is 1.63. The van der Waals surface area contributed by atoms with Crippen molar-refractivity contribution < 1.29 is 0 Å². The van der Waals surface area contributed by atoms with Gasteiger partial charge in [-0.15, -0.1) is 0 Å². The van der Waals surface area contributed by atoms with E-state index in [4.69, 9.17) is 5.73 Å². The minimum absolute atomic E-state index is 0.507. The van der Waals surface area contributed by atoms with Gasteiger partial charge in [0.2, 0.25) is 0 Å². The van der Waals surface area contributed by atoms with E-state index in [9.17, 15) is 0 Å². The summed E-state index contributed by atoms with van der Waals surface area (Å²) in [5.41, 5.74) is 7.76. The van der Waals surface area contributed by atoms with Crippen LogP contribution in [0.25, 0.3) is 11.3 Å². The lowest BCUT2D eigenvalue weighted by molar-refractivity contribution is 0.680. The van der Waals surface area contributed by atoms with Crippen LogP contribution in [-0.2, 0) is 0 Å². The van der Waals surface area contributed by atoms with Gasteiger partial charge in [-0.2, -0.15) is 0 Å². The molecule has 18 heavy (non-hydrogen) atoms. The molecule has 2 rings (SSSR count). The number of nitrogens with two attached hydrogens (primary N) is 1. The van der Waals surface area contributed by atoms with Crippen LogP contribution in [0.4, 0.5) is 0 Å². The molecule has 4 heteroatoms. The van der Waals surface area contributed by atoms with Gasteiger partial charge in [0.15, 0.2) is 0 Å². The van der Waals surface area contributed by atoms with Crippen molar-refractivity contribution in [3.8, 4) is 23.1 Å². The molecule has 0 aromatic carbocycles.